The summed E-state index contributed by atoms with van der Waals surface area (Å²) in [6, 6.07) is 18.9. The Morgan fingerprint density at radius 3 is 2.53 bits per heavy atom. The number of amides is 1. The average Bonchev–Trinajstić information content (AvgIpc) is 3.07. The Kier molecular flexibility index (Phi) is 4.75. The van der Waals surface area contributed by atoms with Crippen LogP contribution >= 0.6 is 11.6 Å². The van der Waals surface area contributed by atoms with Crippen LogP contribution in [0.1, 0.15) is 33.3 Å². The molecule has 0 saturated heterocycles. The van der Waals surface area contributed by atoms with Crippen LogP contribution in [-0.2, 0) is 6.54 Å². The van der Waals surface area contributed by atoms with Crippen LogP contribution in [-0.4, -0.2) is 15.7 Å². The zero-order valence-corrected chi connectivity index (χ0v) is 17.3. The molecule has 1 atom stereocenters. The van der Waals surface area contributed by atoms with Crippen molar-refractivity contribution in [2.24, 2.45) is 0 Å². The number of nitrogens with zero attached hydrogens (tertiary/aromatic N) is 2. The van der Waals surface area contributed by atoms with Crippen LogP contribution in [0, 0.1) is 10.1 Å². The number of rotatable bonds is 4. The van der Waals surface area contributed by atoms with E-state index in [4.69, 9.17) is 16.0 Å². The van der Waals surface area contributed by atoms with Gasteiger partial charge in [-0.25, -0.2) is 0 Å². The molecule has 0 N–H and O–H groups in total. The van der Waals surface area contributed by atoms with Crippen molar-refractivity contribution in [3.8, 4) is 0 Å². The third-order valence-corrected chi connectivity index (χ3v) is 5.94. The summed E-state index contributed by atoms with van der Waals surface area (Å²) in [4.78, 5) is 39.2. The smallest absolute Gasteiger partial charge is 0.291 e. The van der Waals surface area contributed by atoms with Crippen molar-refractivity contribution >= 4 is 34.2 Å². The standard InChI is InChI=1S/C24H15ClN2O5/c25-18-10-3-1-6-15(18)13-26-21(14-7-5-8-16(12-14)27(30)31)20-22(28)17-9-2-4-11-19(17)32-23(20)24(26)29/h1-12,21H,13H2. The molecule has 0 saturated carbocycles. The maximum absolute atomic E-state index is 13.4. The first-order valence-electron chi connectivity index (χ1n) is 9.80. The van der Waals surface area contributed by atoms with Crippen molar-refractivity contribution < 1.29 is 14.1 Å². The van der Waals surface area contributed by atoms with Gasteiger partial charge in [0.2, 0.25) is 5.76 Å². The van der Waals surface area contributed by atoms with Crippen LogP contribution < -0.4 is 5.43 Å². The summed E-state index contributed by atoms with van der Waals surface area (Å²) >= 11 is 6.33. The van der Waals surface area contributed by atoms with E-state index >= 15 is 0 Å². The molecule has 4 aromatic rings. The first kappa shape index (κ1) is 20.0. The van der Waals surface area contributed by atoms with E-state index in [-0.39, 0.29) is 29.0 Å². The van der Waals surface area contributed by atoms with Crippen molar-refractivity contribution in [1.82, 2.24) is 4.90 Å². The van der Waals surface area contributed by atoms with E-state index in [1.165, 1.54) is 23.1 Å². The van der Waals surface area contributed by atoms with Gasteiger partial charge in [0.25, 0.3) is 11.6 Å². The van der Waals surface area contributed by atoms with Gasteiger partial charge in [0.05, 0.1) is 21.9 Å². The molecule has 0 radical (unpaired) electrons. The molecule has 1 aromatic heterocycles. The third kappa shape index (κ3) is 3.14. The molecule has 1 unspecified atom stereocenters. The normalized spacial score (nSPS) is 15.2. The summed E-state index contributed by atoms with van der Waals surface area (Å²) < 4.78 is 5.87. The summed E-state index contributed by atoms with van der Waals surface area (Å²) in [7, 11) is 0. The molecule has 0 aliphatic carbocycles. The highest BCUT2D eigenvalue weighted by atomic mass is 35.5. The highest BCUT2D eigenvalue weighted by molar-refractivity contribution is 6.31. The lowest BCUT2D eigenvalue weighted by atomic mass is 9.98. The van der Waals surface area contributed by atoms with Gasteiger partial charge in [-0.05, 0) is 29.3 Å². The number of para-hydroxylation sites is 1. The monoisotopic (exact) mass is 446 g/mol. The average molecular weight is 447 g/mol. The number of halogens is 1. The number of carbonyl (C=O) groups is 1. The fourth-order valence-corrected chi connectivity index (χ4v) is 4.29. The second-order valence-corrected chi connectivity index (χ2v) is 7.86. The predicted molar refractivity (Wildman–Crippen MR) is 119 cm³/mol. The predicted octanol–water partition coefficient (Wildman–Crippen LogP) is 5.10. The molecule has 8 heteroatoms. The summed E-state index contributed by atoms with van der Waals surface area (Å²) in [5.41, 5.74) is 1.13. The van der Waals surface area contributed by atoms with E-state index in [0.717, 1.165) is 0 Å². The van der Waals surface area contributed by atoms with E-state index in [2.05, 4.69) is 0 Å². The molecule has 5 rings (SSSR count). The van der Waals surface area contributed by atoms with Gasteiger partial charge in [-0.2, -0.15) is 0 Å². The van der Waals surface area contributed by atoms with Crippen LogP contribution in [0.5, 0.6) is 0 Å². The summed E-state index contributed by atoms with van der Waals surface area (Å²) in [6.45, 7) is 0.103. The van der Waals surface area contributed by atoms with Crippen LogP contribution in [0.25, 0.3) is 11.0 Å². The Hall–Kier alpha value is -3.97. The van der Waals surface area contributed by atoms with Gasteiger partial charge in [-0.1, -0.05) is 54.1 Å². The van der Waals surface area contributed by atoms with Gasteiger partial charge in [0.1, 0.15) is 5.58 Å². The number of hydrogen-bond donors (Lipinski definition) is 0. The number of fused-ring (bicyclic) bond motifs is 2. The highest BCUT2D eigenvalue weighted by Gasteiger charge is 2.43. The van der Waals surface area contributed by atoms with Crippen molar-refractivity contribution in [3.05, 3.63) is 121 Å². The van der Waals surface area contributed by atoms with Crippen molar-refractivity contribution in [3.63, 3.8) is 0 Å². The van der Waals surface area contributed by atoms with Crippen molar-refractivity contribution in [2.45, 2.75) is 12.6 Å². The minimum Gasteiger partial charge on any atom is -0.450 e. The minimum absolute atomic E-state index is 0.0581. The molecular weight excluding hydrogens is 432 g/mol. The Bertz CT molecular complexity index is 1460. The van der Waals surface area contributed by atoms with E-state index in [0.29, 0.717) is 27.1 Å². The number of hydrogen-bond acceptors (Lipinski definition) is 5. The SMILES string of the molecule is O=C1c2oc3ccccc3c(=O)c2C(c2cccc([N+](=O)[O-])c2)N1Cc1ccccc1Cl. The maximum Gasteiger partial charge on any atom is 0.291 e. The quantitative estimate of drug-likeness (QED) is 0.321. The maximum atomic E-state index is 13.4. The van der Waals surface area contributed by atoms with Crippen LogP contribution in [0.15, 0.2) is 82.0 Å². The summed E-state index contributed by atoms with van der Waals surface area (Å²) in [6.07, 6.45) is 0. The topological polar surface area (TPSA) is 93.7 Å². The molecular formula is C24H15ClN2O5. The Morgan fingerprint density at radius 2 is 1.75 bits per heavy atom. The molecule has 0 fully saturated rings. The van der Waals surface area contributed by atoms with Gasteiger partial charge < -0.3 is 9.32 Å². The number of benzene rings is 3. The first-order chi connectivity index (χ1) is 15.5. The van der Waals surface area contributed by atoms with Crippen LogP contribution in [0.2, 0.25) is 5.02 Å². The van der Waals surface area contributed by atoms with Gasteiger partial charge in [-0.3, -0.25) is 19.7 Å². The molecule has 1 aliphatic rings. The minimum atomic E-state index is -0.852. The highest BCUT2D eigenvalue weighted by Crippen LogP contribution is 2.40. The second kappa shape index (κ2) is 7.62. The van der Waals surface area contributed by atoms with E-state index < -0.39 is 16.9 Å². The Morgan fingerprint density at radius 1 is 1.00 bits per heavy atom. The molecule has 1 aliphatic heterocycles. The lowest BCUT2D eigenvalue weighted by molar-refractivity contribution is -0.384. The third-order valence-electron chi connectivity index (χ3n) is 5.57. The zero-order chi connectivity index (χ0) is 22.4. The van der Waals surface area contributed by atoms with Gasteiger partial charge in [0, 0.05) is 23.7 Å². The number of non-ortho nitro benzene ring substituents is 1. The molecule has 1 amide bonds. The number of nitro benzene ring substituents is 1. The lowest BCUT2D eigenvalue weighted by Crippen LogP contribution is -2.29. The van der Waals surface area contributed by atoms with E-state index in [9.17, 15) is 19.7 Å². The molecule has 158 valence electrons. The fraction of sp³-hybridized carbons (Fsp3) is 0.0833. The molecule has 0 spiro atoms. The van der Waals surface area contributed by atoms with Gasteiger partial charge in [-0.15, -0.1) is 0 Å². The van der Waals surface area contributed by atoms with E-state index in [1.54, 1.807) is 54.6 Å². The zero-order valence-electron chi connectivity index (χ0n) is 16.5. The van der Waals surface area contributed by atoms with Crippen molar-refractivity contribution in [1.29, 1.82) is 0 Å². The van der Waals surface area contributed by atoms with Gasteiger partial charge >= 0.3 is 0 Å². The Balaban J connectivity index is 1.75. The molecule has 32 heavy (non-hydrogen) atoms. The van der Waals surface area contributed by atoms with Gasteiger partial charge in [0.15, 0.2) is 5.43 Å². The number of nitro groups is 1. The Labute approximate surface area is 186 Å². The number of carbonyl (C=O) groups excluding carboxylic acids is 1. The largest absolute Gasteiger partial charge is 0.450 e. The molecule has 3 aromatic carbocycles. The summed E-state index contributed by atoms with van der Waals surface area (Å²) in [5.74, 6) is -0.531. The van der Waals surface area contributed by atoms with Crippen LogP contribution in [0.4, 0.5) is 5.69 Å². The van der Waals surface area contributed by atoms with E-state index in [1.807, 2.05) is 0 Å². The summed E-state index contributed by atoms with van der Waals surface area (Å²) in [5, 5.41) is 12.2. The molecule has 0 bridgehead atoms. The molecule has 2 heterocycles. The van der Waals surface area contributed by atoms with Crippen molar-refractivity contribution in [2.75, 3.05) is 0 Å². The van der Waals surface area contributed by atoms with Crippen LogP contribution in [0.3, 0.4) is 0 Å². The second-order valence-electron chi connectivity index (χ2n) is 7.45. The molecule has 7 nitrogen and oxygen atoms in total. The lowest BCUT2D eigenvalue weighted by Gasteiger charge is -2.25. The fourth-order valence-electron chi connectivity index (χ4n) is 4.10. The first-order valence-corrected chi connectivity index (χ1v) is 10.2.